The van der Waals surface area contributed by atoms with E-state index in [-0.39, 0.29) is 23.4 Å². The van der Waals surface area contributed by atoms with E-state index >= 15 is 0 Å². The molecule has 0 bridgehead atoms. The molecular formula is C12H9BrClN3O4S. The predicted molar refractivity (Wildman–Crippen MR) is 83.2 cm³/mol. The van der Waals surface area contributed by atoms with Crippen molar-refractivity contribution in [2.24, 2.45) is 0 Å². The van der Waals surface area contributed by atoms with Crippen LogP contribution >= 0.6 is 38.9 Å². The standard InChI is InChI=1S/C12H9BrClN3O4S/c1-16-5-8(21-10(18)9-6(14)2-3-20-9)17(12(16)19)11-15-4-7(13)22-11/h2-4,8H,5H2,1H3. The Bertz CT molecular complexity index is 734. The number of aromatic nitrogens is 1. The average molecular weight is 407 g/mol. The second-order valence-electron chi connectivity index (χ2n) is 4.44. The van der Waals surface area contributed by atoms with Gasteiger partial charge in [0.25, 0.3) is 0 Å². The van der Waals surface area contributed by atoms with Gasteiger partial charge >= 0.3 is 12.0 Å². The van der Waals surface area contributed by atoms with Crippen LogP contribution in [0.15, 0.2) is 26.7 Å². The van der Waals surface area contributed by atoms with E-state index in [9.17, 15) is 9.59 Å². The predicted octanol–water partition coefficient (Wildman–Crippen LogP) is 3.21. The van der Waals surface area contributed by atoms with E-state index in [0.717, 1.165) is 3.79 Å². The van der Waals surface area contributed by atoms with Crippen molar-refractivity contribution in [1.82, 2.24) is 9.88 Å². The number of rotatable bonds is 3. The number of furan rings is 1. The van der Waals surface area contributed by atoms with Gasteiger partial charge in [0, 0.05) is 7.05 Å². The number of nitrogens with zero attached hydrogens (tertiary/aromatic N) is 3. The fourth-order valence-corrected chi connectivity index (χ4v) is 3.36. The summed E-state index contributed by atoms with van der Waals surface area (Å²) in [6.45, 7) is 0.222. The van der Waals surface area contributed by atoms with Crippen LogP contribution in [0.5, 0.6) is 0 Å². The molecule has 116 valence electrons. The SMILES string of the molecule is CN1CC(OC(=O)c2occc2Cl)N(c2ncc(Br)s2)C1=O. The van der Waals surface area contributed by atoms with Crippen molar-refractivity contribution in [1.29, 1.82) is 0 Å². The number of anilines is 1. The molecule has 2 aromatic rings. The minimum atomic E-state index is -0.802. The Hall–Kier alpha value is -1.58. The maximum atomic E-state index is 12.2. The van der Waals surface area contributed by atoms with Crippen LogP contribution in [0.3, 0.4) is 0 Å². The minimum Gasteiger partial charge on any atom is -0.456 e. The summed E-state index contributed by atoms with van der Waals surface area (Å²) in [5, 5.41) is 0.593. The summed E-state index contributed by atoms with van der Waals surface area (Å²) in [5.41, 5.74) is 0. The summed E-state index contributed by atoms with van der Waals surface area (Å²) < 4.78 is 11.1. The summed E-state index contributed by atoms with van der Waals surface area (Å²) in [6, 6.07) is 1.14. The first-order chi connectivity index (χ1) is 10.5. The lowest BCUT2D eigenvalue weighted by molar-refractivity contribution is 0.0296. The molecule has 2 aromatic heterocycles. The molecule has 10 heteroatoms. The van der Waals surface area contributed by atoms with Gasteiger partial charge in [-0.15, -0.1) is 0 Å². The summed E-state index contributed by atoms with van der Waals surface area (Å²) in [6.07, 6.45) is 2.07. The number of carbonyl (C=O) groups excluding carboxylic acids is 2. The number of hydrogen-bond acceptors (Lipinski definition) is 6. The van der Waals surface area contributed by atoms with Crippen molar-refractivity contribution in [3.8, 4) is 0 Å². The molecule has 7 nitrogen and oxygen atoms in total. The lowest BCUT2D eigenvalue weighted by Crippen LogP contribution is -2.37. The van der Waals surface area contributed by atoms with E-state index in [2.05, 4.69) is 20.9 Å². The summed E-state index contributed by atoms with van der Waals surface area (Å²) in [4.78, 5) is 31.2. The quantitative estimate of drug-likeness (QED) is 0.732. The van der Waals surface area contributed by atoms with Crippen molar-refractivity contribution < 1.29 is 18.7 Å². The van der Waals surface area contributed by atoms with Gasteiger partial charge < -0.3 is 14.1 Å². The van der Waals surface area contributed by atoms with Crippen LogP contribution in [-0.4, -0.2) is 41.7 Å². The van der Waals surface area contributed by atoms with Gasteiger partial charge in [-0.25, -0.2) is 19.5 Å². The Morgan fingerprint density at radius 1 is 1.64 bits per heavy atom. The Morgan fingerprint density at radius 3 is 3.00 bits per heavy atom. The fraction of sp³-hybridized carbons (Fsp3) is 0.250. The van der Waals surface area contributed by atoms with E-state index in [1.165, 1.54) is 33.5 Å². The molecule has 1 fully saturated rings. The number of urea groups is 1. The molecule has 1 unspecified atom stereocenters. The summed E-state index contributed by atoms with van der Waals surface area (Å²) in [7, 11) is 1.62. The molecule has 2 amide bonds. The van der Waals surface area contributed by atoms with Gasteiger partial charge in [0.15, 0.2) is 5.13 Å². The molecule has 0 aliphatic carbocycles. The summed E-state index contributed by atoms with van der Waals surface area (Å²) >= 11 is 10.4. The molecule has 0 spiro atoms. The first kappa shape index (κ1) is 15.3. The highest BCUT2D eigenvalue weighted by molar-refractivity contribution is 9.11. The highest BCUT2D eigenvalue weighted by Gasteiger charge is 2.41. The molecule has 0 radical (unpaired) electrons. The second kappa shape index (κ2) is 5.90. The normalized spacial score (nSPS) is 18.1. The Balaban J connectivity index is 1.84. The van der Waals surface area contributed by atoms with Gasteiger partial charge in [0.1, 0.15) is 0 Å². The second-order valence-corrected chi connectivity index (χ2v) is 7.23. The smallest absolute Gasteiger partial charge is 0.377 e. The molecular weight excluding hydrogens is 398 g/mol. The van der Waals surface area contributed by atoms with Crippen LogP contribution < -0.4 is 4.90 Å². The number of thiazole rings is 1. The molecule has 0 aromatic carbocycles. The van der Waals surface area contributed by atoms with E-state index in [1.54, 1.807) is 13.2 Å². The van der Waals surface area contributed by atoms with E-state index < -0.39 is 12.2 Å². The first-order valence-electron chi connectivity index (χ1n) is 6.07. The lowest BCUT2D eigenvalue weighted by atomic mass is 10.4. The average Bonchev–Trinajstić information content (AvgIpc) is 3.12. The van der Waals surface area contributed by atoms with Gasteiger partial charge in [0.2, 0.25) is 12.0 Å². The van der Waals surface area contributed by atoms with E-state index in [4.69, 9.17) is 20.8 Å². The van der Waals surface area contributed by atoms with Crippen LogP contribution in [-0.2, 0) is 4.74 Å². The largest absolute Gasteiger partial charge is 0.456 e. The van der Waals surface area contributed by atoms with Crippen LogP contribution in [0.2, 0.25) is 5.02 Å². The van der Waals surface area contributed by atoms with Crippen molar-refractivity contribution in [2.45, 2.75) is 6.23 Å². The molecule has 1 aliphatic rings. The third-order valence-electron chi connectivity index (χ3n) is 2.97. The zero-order chi connectivity index (χ0) is 15.9. The molecule has 1 atom stereocenters. The van der Waals surface area contributed by atoms with Crippen LogP contribution in [0.1, 0.15) is 10.6 Å². The Labute approximate surface area is 142 Å². The maximum Gasteiger partial charge on any atom is 0.377 e. The number of likely N-dealkylation sites (N-methyl/N-ethyl adjacent to an activating group) is 1. The molecule has 1 aliphatic heterocycles. The van der Waals surface area contributed by atoms with Crippen LogP contribution in [0.25, 0.3) is 0 Å². The topological polar surface area (TPSA) is 75.9 Å². The first-order valence-corrected chi connectivity index (χ1v) is 8.05. The molecule has 0 N–H and O–H groups in total. The van der Waals surface area contributed by atoms with Crippen molar-refractivity contribution >= 4 is 56.0 Å². The summed E-state index contributed by atoms with van der Waals surface area (Å²) in [5.74, 6) is -0.826. The third-order valence-corrected chi connectivity index (χ3v) is 4.74. The van der Waals surface area contributed by atoms with E-state index in [1.807, 2.05) is 0 Å². The zero-order valence-electron chi connectivity index (χ0n) is 11.2. The lowest BCUT2D eigenvalue weighted by Gasteiger charge is -2.19. The van der Waals surface area contributed by atoms with E-state index in [0.29, 0.717) is 5.13 Å². The maximum absolute atomic E-state index is 12.2. The highest BCUT2D eigenvalue weighted by atomic mass is 79.9. The monoisotopic (exact) mass is 405 g/mol. The number of esters is 1. The fourth-order valence-electron chi connectivity index (χ4n) is 1.97. The number of carbonyl (C=O) groups is 2. The van der Waals surface area contributed by atoms with Gasteiger partial charge in [-0.05, 0) is 22.0 Å². The molecule has 3 heterocycles. The molecule has 22 heavy (non-hydrogen) atoms. The van der Waals surface area contributed by atoms with Crippen molar-refractivity contribution in [3.63, 3.8) is 0 Å². The van der Waals surface area contributed by atoms with Gasteiger partial charge in [-0.3, -0.25) is 0 Å². The molecule has 1 saturated heterocycles. The Kier molecular flexibility index (Phi) is 4.11. The van der Waals surface area contributed by atoms with Gasteiger partial charge in [-0.2, -0.15) is 0 Å². The minimum absolute atomic E-state index is 0.0936. The zero-order valence-corrected chi connectivity index (χ0v) is 14.3. The number of amides is 2. The highest BCUT2D eigenvalue weighted by Crippen LogP contribution is 2.32. The number of halogens is 2. The molecule has 3 rings (SSSR count). The third kappa shape index (κ3) is 2.71. The number of hydrogen-bond donors (Lipinski definition) is 0. The Morgan fingerprint density at radius 2 is 2.41 bits per heavy atom. The van der Waals surface area contributed by atoms with Crippen molar-refractivity contribution in [3.05, 3.63) is 33.1 Å². The van der Waals surface area contributed by atoms with Gasteiger partial charge in [0.05, 0.1) is 27.8 Å². The van der Waals surface area contributed by atoms with Gasteiger partial charge in [-0.1, -0.05) is 22.9 Å². The number of ether oxygens (including phenoxy) is 1. The van der Waals surface area contributed by atoms with Crippen LogP contribution in [0, 0.1) is 0 Å². The molecule has 0 saturated carbocycles. The van der Waals surface area contributed by atoms with Crippen LogP contribution in [0.4, 0.5) is 9.93 Å². The van der Waals surface area contributed by atoms with Crippen molar-refractivity contribution in [2.75, 3.05) is 18.5 Å².